The van der Waals surface area contributed by atoms with E-state index in [1.54, 1.807) is 17.0 Å². The summed E-state index contributed by atoms with van der Waals surface area (Å²) in [7, 11) is 1.06. The molecule has 2 saturated heterocycles. The van der Waals surface area contributed by atoms with Gasteiger partial charge in [-0.3, -0.25) is 9.36 Å². The second-order valence-corrected chi connectivity index (χ2v) is 7.78. The third kappa shape index (κ3) is 4.32. The highest BCUT2D eigenvalue weighted by Crippen LogP contribution is 2.28. The number of amides is 1. The highest BCUT2D eigenvalue weighted by atomic mass is 19.4. The molecule has 1 amide bonds. The average Bonchev–Trinajstić information content (AvgIpc) is 3.09. The van der Waals surface area contributed by atoms with Crippen LogP contribution in [0.4, 0.5) is 18.9 Å². The number of morpholine rings is 1. The minimum Gasteiger partial charge on any atom is -0.378 e. The van der Waals surface area contributed by atoms with Gasteiger partial charge in [-0.25, -0.2) is 9.48 Å². The Morgan fingerprint density at radius 1 is 1.06 bits per heavy atom. The summed E-state index contributed by atoms with van der Waals surface area (Å²) in [6.07, 6.45) is -3.96. The van der Waals surface area contributed by atoms with Gasteiger partial charge in [0.15, 0.2) is 0 Å². The van der Waals surface area contributed by atoms with E-state index in [-0.39, 0.29) is 5.91 Å². The number of carbonyl (C=O) groups excluding carboxylic acids is 1. The number of aromatic nitrogens is 3. The lowest BCUT2D eigenvalue weighted by Crippen LogP contribution is -2.41. The molecule has 0 bridgehead atoms. The molecule has 11 heteroatoms. The van der Waals surface area contributed by atoms with E-state index < -0.39 is 23.7 Å². The molecule has 0 aliphatic carbocycles. The zero-order valence-electron chi connectivity index (χ0n) is 17.1. The molecular weight excluding hydrogens is 415 g/mol. The van der Waals surface area contributed by atoms with E-state index in [9.17, 15) is 22.8 Å². The molecule has 1 aromatic heterocycles. The lowest BCUT2D eigenvalue weighted by Gasteiger charge is -2.32. The largest absolute Gasteiger partial charge is 0.451 e. The number of hydrogen-bond donors (Lipinski definition) is 0. The highest BCUT2D eigenvalue weighted by Gasteiger charge is 2.39. The maximum Gasteiger partial charge on any atom is 0.451 e. The van der Waals surface area contributed by atoms with Crippen molar-refractivity contribution in [1.82, 2.24) is 19.2 Å². The van der Waals surface area contributed by atoms with Gasteiger partial charge in [0.25, 0.3) is 5.91 Å². The van der Waals surface area contributed by atoms with Crippen molar-refractivity contribution in [1.29, 1.82) is 0 Å². The van der Waals surface area contributed by atoms with Crippen LogP contribution in [0.5, 0.6) is 0 Å². The quantitative estimate of drug-likeness (QED) is 0.731. The Morgan fingerprint density at radius 2 is 1.68 bits per heavy atom. The molecule has 0 saturated carbocycles. The fourth-order valence-electron chi connectivity index (χ4n) is 4.07. The van der Waals surface area contributed by atoms with E-state index in [1.165, 1.54) is 0 Å². The average molecular weight is 439 g/mol. The molecule has 1 aromatic carbocycles. The summed E-state index contributed by atoms with van der Waals surface area (Å²) < 4.78 is 45.8. The predicted molar refractivity (Wildman–Crippen MR) is 106 cm³/mol. The first-order valence-electron chi connectivity index (χ1n) is 10.2. The lowest BCUT2D eigenvalue weighted by atomic mass is 10.0. The van der Waals surface area contributed by atoms with E-state index in [2.05, 4.69) is 10.00 Å². The number of halogens is 3. The molecule has 8 nitrogen and oxygen atoms in total. The van der Waals surface area contributed by atoms with Crippen LogP contribution in [0.1, 0.15) is 35.1 Å². The van der Waals surface area contributed by atoms with Crippen molar-refractivity contribution < 1.29 is 22.7 Å². The molecule has 0 atom stereocenters. The van der Waals surface area contributed by atoms with Gasteiger partial charge >= 0.3 is 11.9 Å². The first-order chi connectivity index (χ1) is 14.8. The number of carbonyl (C=O) groups is 1. The van der Waals surface area contributed by atoms with E-state index in [4.69, 9.17) is 4.74 Å². The molecule has 0 unspecified atom stereocenters. The van der Waals surface area contributed by atoms with Crippen LogP contribution in [0.25, 0.3) is 0 Å². The third-order valence-electron chi connectivity index (χ3n) is 5.84. The zero-order chi connectivity index (χ0) is 22.2. The second-order valence-electron chi connectivity index (χ2n) is 7.78. The molecule has 2 fully saturated rings. The predicted octanol–water partition coefficient (Wildman–Crippen LogP) is 1.91. The van der Waals surface area contributed by atoms with Gasteiger partial charge in [0.05, 0.1) is 19.3 Å². The Bertz CT molecular complexity index is 985. The van der Waals surface area contributed by atoms with Crippen molar-refractivity contribution in [3.05, 3.63) is 46.1 Å². The maximum absolute atomic E-state index is 13.0. The molecule has 31 heavy (non-hydrogen) atoms. The van der Waals surface area contributed by atoms with Gasteiger partial charge in [-0.2, -0.15) is 13.2 Å². The third-order valence-corrected chi connectivity index (χ3v) is 5.84. The second kappa shape index (κ2) is 8.37. The molecular formula is C20H24F3N5O3. The molecule has 2 aliphatic rings. The number of ether oxygens (including phenoxy) is 1. The molecule has 0 radical (unpaired) electrons. The topological polar surface area (TPSA) is 72.6 Å². The van der Waals surface area contributed by atoms with E-state index >= 15 is 0 Å². The fraction of sp³-hybridized carbons (Fsp3) is 0.550. The van der Waals surface area contributed by atoms with Crippen LogP contribution in [0.2, 0.25) is 0 Å². The summed E-state index contributed by atoms with van der Waals surface area (Å²) in [5.41, 5.74) is 0.800. The Morgan fingerprint density at radius 3 is 2.23 bits per heavy atom. The number of anilines is 1. The first kappa shape index (κ1) is 21.4. The van der Waals surface area contributed by atoms with Crippen LogP contribution in [0.3, 0.4) is 0 Å². The molecule has 0 N–H and O–H groups in total. The van der Waals surface area contributed by atoms with Crippen LogP contribution in [0, 0.1) is 0 Å². The van der Waals surface area contributed by atoms with Crippen LogP contribution in [0.15, 0.2) is 29.1 Å². The fourth-order valence-corrected chi connectivity index (χ4v) is 4.07. The summed E-state index contributed by atoms with van der Waals surface area (Å²) in [4.78, 5) is 28.9. The number of nitrogens with zero attached hydrogens (tertiary/aromatic N) is 5. The molecule has 2 aromatic rings. The van der Waals surface area contributed by atoms with Gasteiger partial charge in [-0.15, -0.1) is 5.10 Å². The van der Waals surface area contributed by atoms with Gasteiger partial charge in [-0.1, -0.05) is 0 Å². The number of piperidine rings is 1. The smallest absolute Gasteiger partial charge is 0.378 e. The van der Waals surface area contributed by atoms with Crippen molar-refractivity contribution in [2.45, 2.75) is 25.1 Å². The summed E-state index contributed by atoms with van der Waals surface area (Å²) in [5.74, 6) is -1.34. The Balaban J connectivity index is 1.40. The summed E-state index contributed by atoms with van der Waals surface area (Å²) in [6.45, 7) is 3.67. The summed E-state index contributed by atoms with van der Waals surface area (Å²) in [5, 5.41) is 3.51. The SMILES string of the molecule is Cn1c(C(F)(F)F)nn(C2CCN(C(=O)c3ccc(N4CCOCC4)cc3)CC2)c1=O. The van der Waals surface area contributed by atoms with Crippen LogP contribution in [-0.4, -0.2) is 64.5 Å². The van der Waals surface area contributed by atoms with Crippen LogP contribution < -0.4 is 10.6 Å². The van der Waals surface area contributed by atoms with Crippen LogP contribution in [-0.2, 0) is 18.0 Å². The van der Waals surface area contributed by atoms with Crippen molar-refractivity contribution in [3.8, 4) is 0 Å². The molecule has 2 aliphatic heterocycles. The maximum atomic E-state index is 13.0. The summed E-state index contributed by atoms with van der Waals surface area (Å²) >= 11 is 0. The van der Waals surface area contributed by atoms with Gasteiger partial charge in [-0.05, 0) is 37.1 Å². The Kier molecular flexibility index (Phi) is 5.78. The monoisotopic (exact) mass is 439 g/mol. The normalized spacial score (nSPS) is 18.5. The number of hydrogen-bond acceptors (Lipinski definition) is 5. The van der Waals surface area contributed by atoms with Crippen molar-refractivity contribution >= 4 is 11.6 Å². The Labute approximate surface area is 176 Å². The van der Waals surface area contributed by atoms with Gasteiger partial charge < -0.3 is 14.5 Å². The standard InChI is InChI=1S/C20H24F3N5O3/c1-25-18(20(21,22)23)24-28(19(25)30)16-6-8-27(9-7-16)17(29)14-2-4-15(5-3-14)26-10-12-31-13-11-26/h2-5,16H,6-13H2,1H3. The van der Waals surface area contributed by atoms with Crippen LogP contribution >= 0.6 is 0 Å². The lowest BCUT2D eigenvalue weighted by molar-refractivity contribution is -0.147. The van der Waals surface area contributed by atoms with Crippen molar-refractivity contribution in [2.75, 3.05) is 44.3 Å². The Hall–Kier alpha value is -2.82. The highest BCUT2D eigenvalue weighted by molar-refractivity contribution is 5.94. The van der Waals surface area contributed by atoms with Crippen molar-refractivity contribution in [2.24, 2.45) is 7.05 Å². The molecule has 4 rings (SSSR count). The van der Waals surface area contributed by atoms with Gasteiger partial charge in [0, 0.05) is 44.5 Å². The van der Waals surface area contributed by atoms with Gasteiger partial charge in [0.1, 0.15) is 0 Å². The number of likely N-dealkylation sites (tertiary alicyclic amines) is 1. The zero-order valence-corrected chi connectivity index (χ0v) is 17.1. The van der Waals surface area contributed by atoms with Crippen molar-refractivity contribution in [3.63, 3.8) is 0 Å². The minimum absolute atomic E-state index is 0.128. The molecule has 0 spiro atoms. The molecule has 168 valence electrons. The van der Waals surface area contributed by atoms with E-state index in [0.29, 0.717) is 49.3 Å². The number of rotatable bonds is 3. The number of alkyl halides is 3. The summed E-state index contributed by atoms with van der Waals surface area (Å²) in [6, 6.07) is 6.94. The van der Waals surface area contributed by atoms with E-state index in [1.807, 2.05) is 12.1 Å². The van der Waals surface area contributed by atoms with E-state index in [0.717, 1.165) is 30.5 Å². The first-order valence-corrected chi connectivity index (χ1v) is 10.2. The molecule has 3 heterocycles. The van der Waals surface area contributed by atoms with Gasteiger partial charge in [0.2, 0.25) is 5.82 Å². The minimum atomic E-state index is -4.69. The number of benzene rings is 1.